The van der Waals surface area contributed by atoms with Crippen LogP contribution in [0.5, 0.6) is 0 Å². The molecule has 1 aromatic rings. The van der Waals surface area contributed by atoms with Crippen molar-refractivity contribution in [3.63, 3.8) is 0 Å². The number of hydrogen-bond acceptors (Lipinski definition) is 1. The number of hydrogen-bond donors (Lipinski definition) is 1. The number of aliphatic hydroxyl groups is 1. The third kappa shape index (κ3) is 1.51. The molecule has 0 aromatic heterocycles. The Morgan fingerprint density at radius 2 is 2.29 bits per heavy atom. The molecule has 0 saturated heterocycles. The summed E-state index contributed by atoms with van der Waals surface area (Å²) in [6, 6.07) is 5.14. The zero-order valence-electron chi connectivity index (χ0n) is 7.83. The fourth-order valence-electron chi connectivity index (χ4n) is 2.11. The molecular formula is C11H12AsFO. The summed E-state index contributed by atoms with van der Waals surface area (Å²) in [5.41, 5.74) is 1.75. The van der Waals surface area contributed by atoms with Crippen LogP contribution in [0.4, 0.5) is 4.39 Å². The molecule has 0 heterocycles. The number of rotatable bonds is 1. The van der Waals surface area contributed by atoms with Crippen molar-refractivity contribution in [2.24, 2.45) is 0 Å². The van der Waals surface area contributed by atoms with E-state index >= 15 is 0 Å². The summed E-state index contributed by atoms with van der Waals surface area (Å²) in [6.07, 6.45) is 2.66. The fourth-order valence-corrected chi connectivity index (χ4v) is 2.88. The Morgan fingerprint density at radius 1 is 1.50 bits per heavy atom. The number of halogens is 1. The SMILES string of the molecule is OC[C@]1([As])CCCc2c(F)cccc21. The standard InChI is InChI=1S/C11H12AsFO/c12-11(7-14)6-2-3-8-9(11)4-1-5-10(8)13/h1,4-5,14H,2-3,6-7H2/t11-/m1/s1. The van der Waals surface area contributed by atoms with Crippen LogP contribution in [-0.2, 0) is 10.6 Å². The number of aliphatic hydroxyl groups excluding tert-OH is 1. The molecule has 0 bridgehead atoms. The normalized spacial score (nSPS) is 25.9. The maximum absolute atomic E-state index is 13.5. The van der Waals surface area contributed by atoms with E-state index in [1.807, 2.05) is 6.07 Å². The van der Waals surface area contributed by atoms with Crippen LogP contribution in [0.3, 0.4) is 0 Å². The summed E-state index contributed by atoms with van der Waals surface area (Å²) < 4.78 is 13.2. The maximum atomic E-state index is 13.5. The Kier molecular flexibility index (Phi) is 2.68. The zero-order valence-corrected chi connectivity index (χ0v) is 9.71. The van der Waals surface area contributed by atoms with Gasteiger partial charge in [-0.2, -0.15) is 0 Å². The van der Waals surface area contributed by atoms with E-state index in [0.29, 0.717) is 0 Å². The molecular weight excluding hydrogens is 242 g/mol. The summed E-state index contributed by atoms with van der Waals surface area (Å²) in [5, 5.41) is 9.35. The van der Waals surface area contributed by atoms with Crippen molar-refractivity contribution < 1.29 is 9.50 Å². The minimum absolute atomic E-state index is 0.0729. The predicted octanol–water partition coefficient (Wildman–Crippen LogP) is 1.52. The summed E-state index contributed by atoms with van der Waals surface area (Å²) in [7, 11) is 0. The van der Waals surface area contributed by atoms with Crippen molar-refractivity contribution >= 4 is 16.9 Å². The first-order chi connectivity index (χ1) is 6.67. The van der Waals surface area contributed by atoms with E-state index in [4.69, 9.17) is 0 Å². The van der Waals surface area contributed by atoms with Crippen LogP contribution in [0.1, 0.15) is 24.0 Å². The Morgan fingerprint density at radius 3 is 3.00 bits per heavy atom. The summed E-state index contributed by atoms with van der Waals surface area (Å²) in [5.74, 6) is -0.133. The number of benzene rings is 1. The summed E-state index contributed by atoms with van der Waals surface area (Å²) in [6.45, 7) is 0.0729. The van der Waals surface area contributed by atoms with Gasteiger partial charge in [0.05, 0.1) is 0 Å². The second kappa shape index (κ2) is 3.67. The fraction of sp³-hybridized carbons (Fsp3) is 0.455. The molecule has 0 aliphatic heterocycles. The molecule has 74 valence electrons. The Labute approximate surface area is 91.8 Å². The van der Waals surface area contributed by atoms with E-state index in [9.17, 15) is 9.50 Å². The van der Waals surface area contributed by atoms with Gasteiger partial charge >= 0.3 is 91.6 Å². The van der Waals surface area contributed by atoms with Crippen molar-refractivity contribution in [1.29, 1.82) is 0 Å². The van der Waals surface area contributed by atoms with E-state index in [0.717, 1.165) is 30.4 Å². The second-order valence-electron chi connectivity index (χ2n) is 3.81. The van der Waals surface area contributed by atoms with Gasteiger partial charge in [0.25, 0.3) is 0 Å². The van der Waals surface area contributed by atoms with E-state index < -0.39 is 0 Å². The minimum atomic E-state index is -0.303. The average Bonchev–Trinajstić information content (AvgIpc) is 2.20. The van der Waals surface area contributed by atoms with Crippen LogP contribution in [0.15, 0.2) is 18.2 Å². The summed E-state index contributed by atoms with van der Waals surface area (Å²) in [4.78, 5) is 0. The third-order valence-corrected chi connectivity index (χ3v) is 4.17. The molecule has 1 aromatic carbocycles. The van der Waals surface area contributed by atoms with E-state index in [1.165, 1.54) is 6.07 Å². The van der Waals surface area contributed by atoms with Gasteiger partial charge in [-0.15, -0.1) is 0 Å². The van der Waals surface area contributed by atoms with E-state index in [-0.39, 0.29) is 16.6 Å². The van der Waals surface area contributed by atoms with Crippen LogP contribution in [0.25, 0.3) is 0 Å². The molecule has 1 aliphatic rings. The van der Waals surface area contributed by atoms with Crippen LogP contribution in [0.2, 0.25) is 0 Å². The van der Waals surface area contributed by atoms with Gasteiger partial charge in [-0.3, -0.25) is 0 Å². The Balaban J connectivity index is 2.55. The molecule has 0 fully saturated rings. The summed E-state index contributed by atoms with van der Waals surface area (Å²) >= 11 is 2.51. The monoisotopic (exact) mass is 254 g/mol. The molecule has 2 radical (unpaired) electrons. The van der Waals surface area contributed by atoms with Crippen molar-refractivity contribution in [3.8, 4) is 0 Å². The van der Waals surface area contributed by atoms with Gasteiger partial charge in [0.2, 0.25) is 0 Å². The molecule has 1 aliphatic carbocycles. The molecule has 0 unspecified atom stereocenters. The van der Waals surface area contributed by atoms with Gasteiger partial charge in [0.1, 0.15) is 0 Å². The van der Waals surface area contributed by atoms with Gasteiger partial charge in [-0.1, -0.05) is 0 Å². The van der Waals surface area contributed by atoms with Crippen LogP contribution < -0.4 is 0 Å². The molecule has 0 amide bonds. The van der Waals surface area contributed by atoms with Gasteiger partial charge in [0, 0.05) is 0 Å². The van der Waals surface area contributed by atoms with Crippen molar-refractivity contribution in [3.05, 3.63) is 35.1 Å². The van der Waals surface area contributed by atoms with Gasteiger partial charge in [0.15, 0.2) is 0 Å². The van der Waals surface area contributed by atoms with E-state index in [1.54, 1.807) is 6.07 Å². The second-order valence-corrected chi connectivity index (χ2v) is 5.61. The number of fused-ring (bicyclic) bond motifs is 1. The van der Waals surface area contributed by atoms with Crippen LogP contribution in [0, 0.1) is 5.82 Å². The molecule has 1 nitrogen and oxygen atoms in total. The molecule has 3 heteroatoms. The van der Waals surface area contributed by atoms with Gasteiger partial charge < -0.3 is 0 Å². The molecule has 14 heavy (non-hydrogen) atoms. The van der Waals surface area contributed by atoms with E-state index in [2.05, 4.69) is 16.9 Å². The average molecular weight is 254 g/mol. The Hall–Kier alpha value is -0.332. The molecule has 0 saturated carbocycles. The third-order valence-electron chi connectivity index (χ3n) is 2.90. The first-order valence-electron chi connectivity index (χ1n) is 4.78. The zero-order chi connectivity index (χ0) is 10.2. The van der Waals surface area contributed by atoms with Gasteiger partial charge in [-0.05, 0) is 0 Å². The first-order valence-corrected chi connectivity index (χ1v) is 5.72. The van der Waals surface area contributed by atoms with Gasteiger partial charge in [-0.25, -0.2) is 0 Å². The topological polar surface area (TPSA) is 20.2 Å². The van der Waals surface area contributed by atoms with Crippen molar-refractivity contribution in [2.45, 2.75) is 23.5 Å². The van der Waals surface area contributed by atoms with Crippen molar-refractivity contribution in [2.75, 3.05) is 6.61 Å². The molecule has 1 N–H and O–H groups in total. The molecule has 0 spiro atoms. The van der Waals surface area contributed by atoms with Crippen LogP contribution >= 0.6 is 0 Å². The quantitative estimate of drug-likeness (QED) is 0.753. The molecule has 2 rings (SSSR count). The first kappa shape index (κ1) is 10.2. The molecule has 1 atom stereocenters. The Bertz CT molecular complexity index is 353. The predicted molar refractivity (Wildman–Crippen MR) is 53.9 cm³/mol. The van der Waals surface area contributed by atoms with Crippen molar-refractivity contribution in [1.82, 2.24) is 0 Å². The van der Waals surface area contributed by atoms with Crippen LogP contribution in [-0.4, -0.2) is 28.6 Å².